The van der Waals surface area contributed by atoms with E-state index in [1.54, 1.807) is 0 Å². The molecule has 0 unspecified atom stereocenters. The van der Waals surface area contributed by atoms with Gasteiger partial charge in [0.2, 0.25) is 0 Å². The van der Waals surface area contributed by atoms with Gasteiger partial charge in [0.05, 0.1) is 5.69 Å². The third-order valence-corrected chi connectivity index (χ3v) is 3.47. The molecule has 1 aliphatic rings. The monoisotopic (exact) mass is 272 g/mol. The summed E-state index contributed by atoms with van der Waals surface area (Å²) in [4.78, 5) is 9.16. The van der Waals surface area contributed by atoms with E-state index in [2.05, 4.69) is 51.4 Å². The number of hydrogen-bond acceptors (Lipinski definition) is 4. The number of allylic oxidation sites excluding steroid dienone is 2. The minimum Gasteiger partial charge on any atom is -0.373 e. The Morgan fingerprint density at radius 3 is 2.95 bits per heavy atom. The summed E-state index contributed by atoms with van der Waals surface area (Å²) in [5.74, 6) is 0. The predicted molar refractivity (Wildman–Crippen MR) is 83.3 cm³/mol. The molecular weight excluding hydrogens is 248 g/mol. The molecule has 1 aliphatic heterocycles. The summed E-state index contributed by atoms with van der Waals surface area (Å²) in [7, 11) is 4.14. The first-order valence-corrected chi connectivity index (χ1v) is 7.13. The Labute approximate surface area is 121 Å². The summed E-state index contributed by atoms with van der Waals surface area (Å²) < 4.78 is 0. The highest BCUT2D eigenvalue weighted by Crippen LogP contribution is 2.11. The van der Waals surface area contributed by atoms with E-state index < -0.39 is 0 Å². The highest BCUT2D eigenvalue weighted by Gasteiger charge is 2.12. The van der Waals surface area contributed by atoms with Crippen LogP contribution in [0.2, 0.25) is 0 Å². The molecule has 0 spiro atoms. The van der Waals surface area contributed by atoms with Gasteiger partial charge >= 0.3 is 0 Å². The first-order chi connectivity index (χ1) is 9.79. The van der Waals surface area contributed by atoms with Crippen LogP contribution in [0.4, 0.5) is 0 Å². The van der Waals surface area contributed by atoms with E-state index in [9.17, 15) is 0 Å². The molecule has 108 valence electrons. The summed E-state index contributed by atoms with van der Waals surface area (Å²) in [5.41, 5.74) is 2.48. The summed E-state index contributed by atoms with van der Waals surface area (Å²) in [6, 6.07) is 6.10. The van der Waals surface area contributed by atoms with Crippen molar-refractivity contribution >= 4 is 0 Å². The normalized spacial score (nSPS) is 14.8. The van der Waals surface area contributed by atoms with Crippen LogP contribution < -0.4 is 5.32 Å². The smallest absolute Gasteiger partial charge is 0.0544 e. The van der Waals surface area contributed by atoms with Crippen molar-refractivity contribution in [3.05, 3.63) is 54.0 Å². The van der Waals surface area contributed by atoms with Crippen molar-refractivity contribution in [3.63, 3.8) is 0 Å². The molecule has 4 heteroatoms. The van der Waals surface area contributed by atoms with Crippen molar-refractivity contribution in [2.75, 3.05) is 40.3 Å². The van der Waals surface area contributed by atoms with Gasteiger partial charge < -0.3 is 10.2 Å². The van der Waals surface area contributed by atoms with Crippen LogP contribution in [0.5, 0.6) is 0 Å². The molecule has 0 fully saturated rings. The van der Waals surface area contributed by atoms with Gasteiger partial charge in [-0.2, -0.15) is 0 Å². The lowest BCUT2D eigenvalue weighted by Gasteiger charge is -2.29. The number of nitrogens with zero attached hydrogens (tertiary/aromatic N) is 3. The van der Waals surface area contributed by atoms with Crippen LogP contribution in [0, 0.1) is 0 Å². The van der Waals surface area contributed by atoms with Gasteiger partial charge in [0.15, 0.2) is 0 Å². The third-order valence-electron chi connectivity index (χ3n) is 3.47. The molecule has 0 amide bonds. The maximum Gasteiger partial charge on any atom is 0.0544 e. The number of hydrogen-bond donors (Lipinski definition) is 1. The number of aromatic nitrogens is 1. The van der Waals surface area contributed by atoms with E-state index in [-0.39, 0.29) is 0 Å². The maximum atomic E-state index is 4.43. The number of nitrogens with one attached hydrogen (secondary N) is 1. The number of pyridine rings is 1. The zero-order valence-corrected chi connectivity index (χ0v) is 12.4. The third kappa shape index (κ3) is 4.47. The summed E-state index contributed by atoms with van der Waals surface area (Å²) in [5, 5.41) is 3.22. The van der Waals surface area contributed by atoms with Crippen molar-refractivity contribution < 1.29 is 0 Å². The van der Waals surface area contributed by atoms with E-state index in [1.807, 2.05) is 25.4 Å². The maximum absolute atomic E-state index is 4.43. The predicted octanol–water partition coefficient (Wildman–Crippen LogP) is 1.49. The van der Waals surface area contributed by atoms with Gasteiger partial charge in [-0.05, 0) is 25.3 Å². The zero-order valence-electron chi connectivity index (χ0n) is 12.4. The highest BCUT2D eigenvalue weighted by molar-refractivity contribution is 5.18. The first kappa shape index (κ1) is 14.8. The van der Waals surface area contributed by atoms with Crippen LogP contribution in [-0.2, 0) is 6.54 Å². The van der Waals surface area contributed by atoms with Gasteiger partial charge in [0, 0.05) is 51.7 Å². The van der Waals surface area contributed by atoms with Crippen LogP contribution in [0.15, 0.2) is 48.3 Å². The topological polar surface area (TPSA) is 31.4 Å². The molecule has 0 aliphatic carbocycles. The molecule has 20 heavy (non-hydrogen) atoms. The molecule has 4 nitrogen and oxygen atoms in total. The van der Waals surface area contributed by atoms with E-state index in [0.717, 1.165) is 38.4 Å². The van der Waals surface area contributed by atoms with E-state index in [4.69, 9.17) is 0 Å². The second-order valence-electron chi connectivity index (χ2n) is 5.10. The average Bonchev–Trinajstić information content (AvgIpc) is 2.48. The van der Waals surface area contributed by atoms with Crippen LogP contribution in [0.3, 0.4) is 0 Å². The molecule has 0 atom stereocenters. The average molecular weight is 272 g/mol. The Kier molecular flexibility index (Phi) is 5.77. The lowest BCUT2D eigenvalue weighted by Crippen LogP contribution is -2.36. The molecule has 0 radical (unpaired) electrons. The first-order valence-electron chi connectivity index (χ1n) is 7.13. The Bertz CT molecular complexity index is 453. The Morgan fingerprint density at radius 2 is 2.25 bits per heavy atom. The molecule has 1 aromatic rings. The van der Waals surface area contributed by atoms with Crippen molar-refractivity contribution in [3.8, 4) is 0 Å². The zero-order chi connectivity index (χ0) is 14.2. The molecule has 2 heterocycles. The SMILES string of the molecule is CNCCN(CC1=CC=CCN1C)Cc1ccccn1. The Balaban J connectivity index is 1.99. The summed E-state index contributed by atoms with van der Waals surface area (Å²) >= 11 is 0. The molecule has 0 aromatic carbocycles. The van der Waals surface area contributed by atoms with Crippen molar-refractivity contribution in [1.29, 1.82) is 0 Å². The van der Waals surface area contributed by atoms with E-state index in [1.165, 1.54) is 5.70 Å². The summed E-state index contributed by atoms with van der Waals surface area (Å²) in [6.07, 6.45) is 8.39. The molecular formula is C16H24N4. The van der Waals surface area contributed by atoms with Gasteiger partial charge in [-0.3, -0.25) is 9.88 Å². The largest absolute Gasteiger partial charge is 0.373 e. The molecule has 0 bridgehead atoms. The van der Waals surface area contributed by atoms with Gasteiger partial charge in [0.1, 0.15) is 0 Å². The van der Waals surface area contributed by atoms with Crippen LogP contribution in [0.25, 0.3) is 0 Å². The minimum absolute atomic E-state index is 0.886. The molecule has 1 N–H and O–H groups in total. The van der Waals surface area contributed by atoms with Gasteiger partial charge in [0.25, 0.3) is 0 Å². The lowest BCUT2D eigenvalue weighted by molar-refractivity contribution is 0.259. The van der Waals surface area contributed by atoms with Gasteiger partial charge in [-0.15, -0.1) is 0 Å². The quantitative estimate of drug-likeness (QED) is 0.815. The van der Waals surface area contributed by atoms with Crippen molar-refractivity contribution in [2.24, 2.45) is 0 Å². The fourth-order valence-electron chi connectivity index (χ4n) is 2.25. The second kappa shape index (κ2) is 7.82. The molecule has 0 saturated carbocycles. The summed E-state index contributed by atoms with van der Waals surface area (Å²) in [6.45, 7) is 4.84. The molecule has 2 rings (SSSR count). The van der Waals surface area contributed by atoms with Crippen LogP contribution >= 0.6 is 0 Å². The molecule has 1 aromatic heterocycles. The van der Waals surface area contributed by atoms with Crippen LogP contribution in [0.1, 0.15) is 5.69 Å². The number of rotatable bonds is 7. The fraction of sp³-hybridized carbons (Fsp3) is 0.438. The fourth-order valence-corrected chi connectivity index (χ4v) is 2.25. The minimum atomic E-state index is 0.886. The van der Waals surface area contributed by atoms with E-state index >= 15 is 0 Å². The lowest BCUT2D eigenvalue weighted by atomic mass is 10.2. The van der Waals surface area contributed by atoms with Gasteiger partial charge in [-0.1, -0.05) is 18.2 Å². The van der Waals surface area contributed by atoms with Crippen LogP contribution in [-0.4, -0.2) is 55.1 Å². The second-order valence-corrected chi connectivity index (χ2v) is 5.10. The number of likely N-dealkylation sites (N-methyl/N-ethyl adjacent to an activating group) is 2. The standard InChI is InChI=1S/C16H24N4/c1-17-10-12-20(13-15-7-3-5-9-18-15)14-16-8-4-6-11-19(16)2/h3-9,17H,10-14H2,1-2H3. The molecule has 0 saturated heterocycles. The van der Waals surface area contributed by atoms with Crippen molar-refractivity contribution in [1.82, 2.24) is 20.1 Å². The Morgan fingerprint density at radius 1 is 1.35 bits per heavy atom. The van der Waals surface area contributed by atoms with E-state index in [0.29, 0.717) is 0 Å². The van der Waals surface area contributed by atoms with Gasteiger partial charge in [-0.25, -0.2) is 0 Å². The highest BCUT2D eigenvalue weighted by atomic mass is 15.2. The van der Waals surface area contributed by atoms with Crippen molar-refractivity contribution in [2.45, 2.75) is 6.54 Å². The Hall–Kier alpha value is -1.65.